The van der Waals surface area contributed by atoms with Gasteiger partial charge in [0.25, 0.3) is 0 Å². The molecule has 0 aliphatic carbocycles. The summed E-state index contributed by atoms with van der Waals surface area (Å²) < 4.78 is 81.8. The van der Waals surface area contributed by atoms with Crippen LogP contribution in [-0.4, -0.2) is 25.2 Å². The molecule has 1 amide bonds. The molecule has 0 aromatic heterocycles. The van der Waals surface area contributed by atoms with Crippen molar-refractivity contribution in [1.29, 1.82) is 0 Å². The summed E-state index contributed by atoms with van der Waals surface area (Å²) in [5, 5.41) is 2.25. The number of nitrogens with one attached hydrogen (secondary N) is 1. The molecule has 0 heterocycles. The van der Waals surface area contributed by atoms with Crippen LogP contribution in [0.4, 0.5) is 26.3 Å². The summed E-state index contributed by atoms with van der Waals surface area (Å²) in [5.41, 5.74) is -0.407. The summed E-state index contributed by atoms with van der Waals surface area (Å²) in [5.74, 6) is -2.87. The standard InChI is InChI=1S/C17H11F6NO3/c18-12-4-10(5-13(6-12)27-17(22,23)16(20)21)15(24-8-26)9-1-2-14(19)11(3-9)7-25/h1-8,15-16H,(H,24,26)/t15-/m1/s1. The van der Waals surface area contributed by atoms with Gasteiger partial charge in [-0.1, -0.05) is 6.07 Å². The van der Waals surface area contributed by atoms with Gasteiger partial charge >= 0.3 is 12.5 Å². The number of carbonyl (C=O) groups is 2. The molecule has 2 aromatic rings. The lowest BCUT2D eigenvalue weighted by molar-refractivity contribution is -0.253. The van der Waals surface area contributed by atoms with E-state index in [1.54, 1.807) is 0 Å². The fraction of sp³-hybridized carbons (Fsp3) is 0.176. The smallest absolute Gasteiger partial charge is 0.428 e. The second-order valence-corrected chi connectivity index (χ2v) is 5.30. The average molecular weight is 391 g/mol. The summed E-state index contributed by atoms with van der Waals surface area (Å²) in [6.45, 7) is 0. The third kappa shape index (κ3) is 4.78. The Morgan fingerprint density at radius 2 is 1.70 bits per heavy atom. The summed E-state index contributed by atoms with van der Waals surface area (Å²) in [6, 6.07) is 4.05. The normalized spacial score (nSPS) is 12.6. The van der Waals surface area contributed by atoms with Crippen LogP contribution in [0.25, 0.3) is 0 Å². The molecule has 0 radical (unpaired) electrons. The molecular formula is C17H11F6NO3. The van der Waals surface area contributed by atoms with Gasteiger partial charge in [0.2, 0.25) is 6.41 Å². The lowest BCUT2D eigenvalue weighted by Crippen LogP contribution is -2.33. The van der Waals surface area contributed by atoms with E-state index in [1.807, 2.05) is 0 Å². The molecule has 2 rings (SSSR count). The Balaban J connectivity index is 2.48. The van der Waals surface area contributed by atoms with Gasteiger partial charge in [-0.05, 0) is 35.4 Å². The van der Waals surface area contributed by atoms with E-state index in [-0.39, 0.29) is 29.4 Å². The molecule has 27 heavy (non-hydrogen) atoms. The highest BCUT2D eigenvalue weighted by atomic mass is 19.3. The van der Waals surface area contributed by atoms with Crippen molar-refractivity contribution < 1.29 is 40.7 Å². The van der Waals surface area contributed by atoms with Gasteiger partial charge in [0.1, 0.15) is 17.4 Å². The van der Waals surface area contributed by atoms with E-state index in [1.165, 1.54) is 6.07 Å². The summed E-state index contributed by atoms with van der Waals surface area (Å²) in [6.07, 6.45) is -8.60. The SMILES string of the molecule is O=CN[C@@H](c1cc(F)cc(OC(F)(F)C(F)F)c1)c1ccc(F)c(C=O)c1. The predicted octanol–water partition coefficient (Wildman–Crippen LogP) is 3.85. The Kier molecular flexibility index (Phi) is 6.09. The molecule has 0 saturated heterocycles. The van der Waals surface area contributed by atoms with Gasteiger partial charge in [0.15, 0.2) is 6.29 Å². The first-order valence-corrected chi connectivity index (χ1v) is 7.27. The number of hydrogen-bond donors (Lipinski definition) is 1. The molecule has 0 aliphatic heterocycles. The van der Waals surface area contributed by atoms with E-state index in [0.717, 1.165) is 24.3 Å². The van der Waals surface area contributed by atoms with Gasteiger partial charge < -0.3 is 10.1 Å². The number of benzene rings is 2. The van der Waals surface area contributed by atoms with Gasteiger partial charge in [-0.15, -0.1) is 0 Å². The summed E-state index contributed by atoms with van der Waals surface area (Å²) in [4.78, 5) is 21.7. The first kappa shape index (κ1) is 20.3. The Morgan fingerprint density at radius 1 is 1.00 bits per heavy atom. The molecule has 1 N–H and O–H groups in total. The molecule has 0 aliphatic rings. The van der Waals surface area contributed by atoms with Crippen LogP contribution in [0.5, 0.6) is 5.75 Å². The minimum Gasteiger partial charge on any atom is -0.428 e. The number of rotatable bonds is 8. The quantitative estimate of drug-likeness (QED) is 0.550. The molecule has 1 atom stereocenters. The van der Waals surface area contributed by atoms with E-state index in [4.69, 9.17) is 0 Å². The highest BCUT2D eigenvalue weighted by molar-refractivity contribution is 5.75. The van der Waals surface area contributed by atoms with Crippen LogP contribution >= 0.6 is 0 Å². The van der Waals surface area contributed by atoms with Crippen LogP contribution < -0.4 is 10.1 Å². The Morgan fingerprint density at radius 3 is 2.30 bits per heavy atom. The van der Waals surface area contributed by atoms with E-state index < -0.39 is 36.0 Å². The van der Waals surface area contributed by atoms with Gasteiger partial charge in [-0.25, -0.2) is 8.78 Å². The second kappa shape index (κ2) is 8.11. The van der Waals surface area contributed by atoms with Gasteiger partial charge in [-0.3, -0.25) is 9.59 Å². The number of aldehydes is 1. The van der Waals surface area contributed by atoms with Crippen molar-refractivity contribution in [2.75, 3.05) is 0 Å². The van der Waals surface area contributed by atoms with Crippen LogP contribution in [-0.2, 0) is 4.79 Å². The third-order valence-corrected chi connectivity index (χ3v) is 3.45. The maximum Gasteiger partial charge on any atom is 0.461 e. The largest absolute Gasteiger partial charge is 0.461 e. The monoisotopic (exact) mass is 391 g/mol. The highest BCUT2D eigenvalue weighted by Crippen LogP contribution is 2.32. The zero-order chi connectivity index (χ0) is 20.2. The molecule has 2 aromatic carbocycles. The van der Waals surface area contributed by atoms with Crippen LogP contribution in [0, 0.1) is 11.6 Å². The summed E-state index contributed by atoms with van der Waals surface area (Å²) >= 11 is 0. The van der Waals surface area contributed by atoms with Crippen LogP contribution in [0.2, 0.25) is 0 Å². The highest BCUT2D eigenvalue weighted by Gasteiger charge is 2.44. The maximum absolute atomic E-state index is 13.8. The topological polar surface area (TPSA) is 55.4 Å². The van der Waals surface area contributed by atoms with E-state index in [2.05, 4.69) is 10.1 Å². The molecule has 0 unspecified atom stereocenters. The van der Waals surface area contributed by atoms with Crippen molar-refractivity contribution in [3.8, 4) is 5.75 Å². The molecular weight excluding hydrogens is 380 g/mol. The molecule has 144 valence electrons. The van der Waals surface area contributed by atoms with Gasteiger partial charge in [0.05, 0.1) is 11.6 Å². The zero-order valence-corrected chi connectivity index (χ0v) is 13.3. The second-order valence-electron chi connectivity index (χ2n) is 5.30. The molecule has 4 nitrogen and oxygen atoms in total. The van der Waals surface area contributed by atoms with Crippen molar-refractivity contribution in [1.82, 2.24) is 5.32 Å². The van der Waals surface area contributed by atoms with Crippen molar-refractivity contribution >= 4 is 12.7 Å². The zero-order valence-electron chi connectivity index (χ0n) is 13.3. The minimum atomic E-state index is -4.86. The minimum absolute atomic E-state index is 0.114. The average Bonchev–Trinajstić information content (AvgIpc) is 2.59. The van der Waals surface area contributed by atoms with E-state index in [0.29, 0.717) is 6.07 Å². The van der Waals surface area contributed by atoms with E-state index >= 15 is 0 Å². The van der Waals surface area contributed by atoms with Crippen LogP contribution in [0.1, 0.15) is 27.5 Å². The number of ether oxygens (including phenoxy) is 1. The lowest BCUT2D eigenvalue weighted by Gasteiger charge is -2.21. The fourth-order valence-corrected chi connectivity index (χ4v) is 2.30. The lowest BCUT2D eigenvalue weighted by atomic mass is 9.97. The van der Waals surface area contributed by atoms with Crippen molar-refractivity contribution in [2.24, 2.45) is 0 Å². The number of hydrogen-bond acceptors (Lipinski definition) is 3. The Hall–Kier alpha value is -3.04. The first-order chi connectivity index (χ1) is 12.7. The number of amides is 1. The third-order valence-electron chi connectivity index (χ3n) is 3.45. The Labute approximate surface area is 148 Å². The van der Waals surface area contributed by atoms with Crippen molar-refractivity contribution in [2.45, 2.75) is 18.6 Å². The van der Waals surface area contributed by atoms with Crippen molar-refractivity contribution in [3.05, 3.63) is 64.7 Å². The first-order valence-electron chi connectivity index (χ1n) is 7.27. The van der Waals surface area contributed by atoms with Crippen LogP contribution in [0.15, 0.2) is 36.4 Å². The van der Waals surface area contributed by atoms with Gasteiger partial charge in [-0.2, -0.15) is 17.6 Å². The van der Waals surface area contributed by atoms with Crippen LogP contribution in [0.3, 0.4) is 0 Å². The number of carbonyl (C=O) groups excluding carboxylic acids is 2. The molecule has 10 heteroatoms. The number of alkyl halides is 4. The number of halogens is 6. The maximum atomic E-state index is 13.8. The van der Waals surface area contributed by atoms with E-state index in [9.17, 15) is 35.9 Å². The fourth-order valence-electron chi connectivity index (χ4n) is 2.30. The molecule has 0 spiro atoms. The molecule has 0 bridgehead atoms. The van der Waals surface area contributed by atoms with Crippen molar-refractivity contribution in [3.63, 3.8) is 0 Å². The predicted molar refractivity (Wildman–Crippen MR) is 80.8 cm³/mol. The Bertz CT molecular complexity index is 843. The molecule has 0 fully saturated rings. The molecule has 0 saturated carbocycles. The van der Waals surface area contributed by atoms with Gasteiger partial charge in [0, 0.05) is 6.07 Å². The summed E-state index contributed by atoms with van der Waals surface area (Å²) in [7, 11) is 0.